The van der Waals surface area contributed by atoms with Crippen molar-refractivity contribution in [3.05, 3.63) is 42.0 Å². The quantitative estimate of drug-likeness (QED) is 0.647. The standard InChI is InChI=1S/C18H23NO4/c1-13(23-18(21)15-6-4-3-5-7-15)17(20)19-12-14-8-10-16(22-2)11-9-14/h3-4,8-11,13,15H,5-7,12H2,1-2H3,(H,19,20)/t13-,15+/m1/s1. The van der Waals surface area contributed by atoms with Gasteiger partial charge in [-0.3, -0.25) is 9.59 Å². The first kappa shape index (κ1) is 17.1. The van der Waals surface area contributed by atoms with Gasteiger partial charge in [0.1, 0.15) is 5.75 Å². The van der Waals surface area contributed by atoms with E-state index in [0.717, 1.165) is 24.2 Å². The summed E-state index contributed by atoms with van der Waals surface area (Å²) in [5.74, 6) is 0.0581. The largest absolute Gasteiger partial charge is 0.497 e. The van der Waals surface area contributed by atoms with Gasteiger partial charge in [-0.1, -0.05) is 24.3 Å². The molecule has 0 bridgehead atoms. The molecule has 1 aliphatic carbocycles. The van der Waals surface area contributed by atoms with Gasteiger partial charge in [-0.05, 0) is 43.9 Å². The number of hydrogen-bond acceptors (Lipinski definition) is 4. The molecule has 0 spiro atoms. The summed E-state index contributed by atoms with van der Waals surface area (Å²) in [7, 11) is 1.61. The Morgan fingerprint density at radius 1 is 1.26 bits per heavy atom. The molecule has 124 valence electrons. The Hall–Kier alpha value is -2.30. The van der Waals surface area contributed by atoms with E-state index in [1.54, 1.807) is 14.0 Å². The summed E-state index contributed by atoms with van der Waals surface area (Å²) in [5.41, 5.74) is 0.954. The molecule has 1 amide bonds. The van der Waals surface area contributed by atoms with E-state index >= 15 is 0 Å². The van der Waals surface area contributed by atoms with Crippen molar-refractivity contribution in [2.45, 2.75) is 38.8 Å². The van der Waals surface area contributed by atoms with E-state index in [2.05, 4.69) is 11.4 Å². The molecule has 0 aromatic heterocycles. The lowest BCUT2D eigenvalue weighted by atomic mass is 9.95. The van der Waals surface area contributed by atoms with E-state index in [-0.39, 0.29) is 17.8 Å². The minimum atomic E-state index is -0.786. The Morgan fingerprint density at radius 2 is 2.00 bits per heavy atom. The van der Waals surface area contributed by atoms with Gasteiger partial charge >= 0.3 is 5.97 Å². The summed E-state index contributed by atoms with van der Waals surface area (Å²) in [6.07, 6.45) is 5.64. The van der Waals surface area contributed by atoms with Gasteiger partial charge in [-0.25, -0.2) is 0 Å². The highest BCUT2D eigenvalue weighted by atomic mass is 16.5. The summed E-state index contributed by atoms with van der Waals surface area (Å²) in [6, 6.07) is 7.43. The van der Waals surface area contributed by atoms with Gasteiger partial charge in [-0.2, -0.15) is 0 Å². The number of nitrogens with one attached hydrogen (secondary N) is 1. The van der Waals surface area contributed by atoms with Crippen molar-refractivity contribution >= 4 is 11.9 Å². The predicted octanol–water partition coefficient (Wildman–Crippen LogP) is 2.60. The molecule has 1 aromatic carbocycles. The van der Waals surface area contributed by atoms with Crippen molar-refractivity contribution in [2.24, 2.45) is 5.92 Å². The van der Waals surface area contributed by atoms with Gasteiger partial charge in [0.05, 0.1) is 13.0 Å². The van der Waals surface area contributed by atoms with Gasteiger partial charge in [-0.15, -0.1) is 0 Å². The number of carbonyl (C=O) groups is 2. The Kier molecular flexibility index (Phi) is 6.20. The van der Waals surface area contributed by atoms with Crippen LogP contribution in [0.3, 0.4) is 0 Å². The SMILES string of the molecule is COc1ccc(CNC(=O)[C@@H](C)OC(=O)[C@H]2CC=CCC2)cc1. The lowest BCUT2D eigenvalue weighted by Gasteiger charge is -2.19. The molecular weight excluding hydrogens is 294 g/mol. The molecule has 2 atom stereocenters. The zero-order valence-corrected chi connectivity index (χ0v) is 13.6. The molecule has 0 fully saturated rings. The molecule has 0 saturated heterocycles. The summed E-state index contributed by atoms with van der Waals surface area (Å²) in [6.45, 7) is 1.98. The number of hydrogen-bond donors (Lipinski definition) is 1. The van der Waals surface area contributed by atoms with Crippen molar-refractivity contribution in [3.63, 3.8) is 0 Å². The van der Waals surface area contributed by atoms with Crippen LogP contribution in [-0.2, 0) is 20.9 Å². The average Bonchev–Trinajstić information content (AvgIpc) is 2.60. The summed E-state index contributed by atoms with van der Waals surface area (Å²) in [4.78, 5) is 24.0. The fourth-order valence-corrected chi connectivity index (χ4v) is 2.41. The molecule has 0 heterocycles. The lowest BCUT2D eigenvalue weighted by molar-refractivity contribution is -0.159. The van der Waals surface area contributed by atoms with E-state index in [1.807, 2.05) is 30.3 Å². The van der Waals surface area contributed by atoms with Crippen molar-refractivity contribution in [2.75, 3.05) is 7.11 Å². The van der Waals surface area contributed by atoms with Crippen molar-refractivity contribution in [1.29, 1.82) is 0 Å². The van der Waals surface area contributed by atoms with Gasteiger partial charge in [0.25, 0.3) is 5.91 Å². The highest BCUT2D eigenvalue weighted by Crippen LogP contribution is 2.20. The van der Waals surface area contributed by atoms with Crippen LogP contribution < -0.4 is 10.1 Å². The van der Waals surface area contributed by atoms with E-state index in [9.17, 15) is 9.59 Å². The third-order valence-electron chi connectivity index (χ3n) is 3.89. The molecule has 0 saturated carbocycles. The predicted molar refractivity (Wildman–Crippen MR) is 86.9 cm³/mol. The van der Waals surface area contributed by atoms with Crippen LogP contribution in [0, 0.1) is 5.92 Å². The zero-order valence-electron chi connectivity index (χ0n) is 13.6. The molecule has 0 aliphatic heterocycles. The molecule has 5 nitrogen and oxygen atoms in total. The smallest absolute Gasteiger partial charge is 0.310 e. The number of methoxy groups -OCH3 is 1. The molecule has 0 radical (unpaired) electrons. The molecule has 5 heteroatoms. The second kappa shape index (κ2) is 8.36. The number of benzene rings is 1. The van der Waals surface area contributed by atoms with Gasteiger partial charge in [0, 0.05) is 6.54 Å². The molecule has 1 aromatic rings. The number of allylic oxidation sites excluding steroid dienone is 2. The summed E-state index contributed by atoms with van der Waals surface area (Å²) < 4.78 is 10.4. The molecular formula is C18H23NO4. The lowest BCUT2D eigenvalue weighted by Crippen LogP contribution is -2.36. The van der Waals surface area contributed by atoms with Crippen LogP contribution in [0.15, 0.2) is 36.4 Å². The second-order valence-electron chi connectivity index (χ2n) is 5.63. The van der Waals surface area contributed by atoms with Crippen molar-refractivity contribution in [1.82, 2.24) is 5.32 Å². The minimum Gasteiger partial charge on any atom is -0.497 e. The van der Waals surface area contributed by atoms with Crippen molar-refractivity contribution in [3.8, 4) is 5.75 Å². The van der Waals surface area contributed by atoms with Crippen LogP contribution in [0.25, 0.3) is 0 Å². The van der Waals surface area contributed by atoms with Crippen LogP contribution in [0.5, 0.6) is 5.75 Å². The van der Waals surface area contributed by atoms with Crippen LogP contribution in [-0.4, -0.2) is 25.1 Å². The molecule has 23 heavy (non-hydrogen) atoms. The fraction of sp³-hybridized carbons (Fsp3) is 0.444. The Morgan fingerprint density at radius 3 is 2.61 bits per heavy atom. The number of carbonyl (C=O) groups excluding carboxylic acids is 2. The third kappa shape index (κ3) is 5.13. The zero-order chi connectivity index (χ0) is 16.7. The molecule has 2 rings (SSSR count). The van der Waals surface area contributed by atoms with E-state index in [4.69, 9.17) is 9.47 Å². The number of esters is 1. The highest BCUT2D eigenvalue weighted by Gasteiger charge is 2.24. The third-order valence-corrected chi connectivity index (χ3v) is 3.89. The Balaban J connectivity index is 1.77. The van der Waals surface area contributed by atoms with Crippen LogP contribution >= 0.6 is 0 Å². The second-order valence-corrected chi connectivity index (χ2v) is 5.63. The van der Waals surface area contributed by atoms with Gasteiger partial charge < -0.3 is 14.8 Å². The maximum Gasteiger partial charge on any atom is 0.310 e. The van der Waals surface area contributed by atoms with E-state index < -0.39 is 6.10 Å². The number of ether oxygens (including phenoxy) is 2. The first-order valence-corrected chi connectivity index (χ1v) is 7.86. The van der Waals surface area contributed by atoms with Crippen LogP contribution in [0.1, 0.15) is 31.7 Å². The maximum atomic E-state index is 12.0. The molecule has 1 N–H and O–H groups in total. The van der Waals surface area contributed by atoms with Gasteiger partial charge in [0.15, 0.2) is 6.10 Å². The maximum absolute atomic E-state index is 12.0. The monoisotopic (exact) mass is 317 g/mol. The fourth-order valence-electron chi connectivity index (χ4n) is 2.41. The first-order chi connectivity index (χ1) is 11.1. The minimum absolute atomic E-state index is 0.128. The molecule has 0 unspecified atom stereocenters. The van der Waals surface area contributed by atoms with Gasteiger partial charge in [0.2, 0.25) is 0 Å². The summed E-state index contributed by atoms with van der Waals surface area (Å²) >= 11 is 0. The number of rotatable bonds is 6. The molecule has 1 aliphatic rings. The van der Waals surface area contributed by atoms with E-state index in [0.29, 0.717) is 13.0 Å². The first-order valence-electron chi connectivity index (χ1n) is 7.86. The average molecular weight is 317 g/mol. The number of amides is 1. The Bertz CT molecular complexity index is 565. The van der Waals surface area contributed by atoms with Crippen LogP contribution in [0.4, 0.5) is 0 Å². The van der Waals surface area contributed by atoms with E-state index in [1.165, 1.54) is 0 Å². The highest BCUT2D eigenvalue weighted by molar-refractivity contribution is 5.84. The Labute approximate surface area is 136 Å². The normalized spacial score (nSPS) is 18.1. The summed E-state index contributed by atoms with van der Waals surface area (Å²) in [5, 5.41) is 2.77. The van der Waals surface area contributed by atoms with Crippen LogP contribution in [0.2, 0.25) is 0 Å². The van der Waals surface area contributed by atoms with Crippen molar-refractivity contribution < 1.29 is 19.1 Å². The topological polar surface area (TPSA) is 64.6 Å².